The number of hydrogen-bond acceptors (Lipinski definition) is 4. The standard InChI is InChI=1S/C30H26N2O3S/c1-20-9-10-21(2)24(16-20)19-32-26-7-3-4-8-27(26)36-28(30(32)34)17-22-11-13-23(14-12-22)29(33)31-18-25-6-5-15-35-25/h3-17H,18-19H2,1-2H3,(H,31,33)/b28-17-. The van der Waals surface area contributed by atoms with Crippen LogP contribution in [0.2, 0.25) is 0 Å². The van der Waals surface area contributed by atoms with E-state index in [2.05, 4.69) is 37.4 Å². The van der Waals surface area contributed by atoms with Gasteiger partial charge in [-0.05, 0) is 73.0 Å². The molecule has 36 heavy (non-hydrogen) atoms. The molecule has 1 aliphatic rings. The maximum atomic E-state index is 13.6. The van der Waals surface area contributed by atoms with Gasteiger partial charge in [0.2, 0.25) is 0 Å². The van der Waals surface area contributed by atoms with Gasteiger partial charge < -0.3 is 14.6 Å². The summed E-state index contributed by atoms with van der Waals surface area (Å²) in [5, 5.41) is 2.84. The van der Waals surface area contributed by atoms with Crippen molar-refractivity contribution in [2.75, 3.05) is 4.90 Å². The molecule has 0 bridgehead atoms. The molecule has 5 rings (SSSR count). The third-order valence-electron chi connectivity index (χ3n) is 6.14. The van der Waals surface area contributed by atoms with E-state index in [1.54, 1.807) is 24.5 Å². The number of hydrogen-bond donors (Lipinski definition) is 1. The zero-order chi connectivity index (χ0) is 25.1. The van der Waals surface area contributed by atoms with Crippen LogP contribution in [-0.4, -0.2) is 11.8 Å². The van der Waals surface area contributed by atoms with E-state index < -0.39 is 0 Å². The Bertz CT molecular complexity index is 1440. The van der Waals surface area contributed by atoms with Crippen LogP contribution in [0.5, 0.6) is 0 Å². The normalized spacial score (nSPS) is 14.1. The zero-order valence-electron chi connectivity index (χ0n) is 20.2. The number of carbonyl (C=O) groups is 2. The highest BCUT2D eigenvalue weighted by molar-refractivity contribution is 8.04. The maximum Gasteiger partial charge on any atom is 0.265 e. The molecule has 0 saturated heterocycles. The molecule has 1 aromatic heterocycles. The second-order valence-corrected chi connectivity index (χ2v) is 9.87. The number of rotatable bonds is 6. The number of aryl methyl sites for hydroxylation is 2. The van der Waals surface area contributed by atoms with Gasteiger partial charge in [0.1, 0.15) is 5.76 Å². The lowest BCUT2D eigenvalue weighted by Gasteiger charge is -2.31. The summed E-state index contributed by atoms with van der Waals surface area (Å²) in [6, 6.07) is 25.2. The number of anilines is 1. The number of carbonyl (C=O) groups excluding carboxylic acids is 2. The van der Waals surface area contributed by atoms with Crippen LogP contribution in [0.15, 0.2) is 99.3 Å². The van der Waals surface area contributed by atoms with Crippen LogP contribution >= 0.6 is 11.8 Å². The molecule has 0 spiro atoms. The SMILES string of the molecule is Cc1ccc(C)c(CN2C(=O)/C(=C/c3ccc(C(=O)NCc4ccco4)cc3)Sc3ccccc32)c1. The number of fused-ring (bicyclic) bond motifs is 1. The number of nitrogens with one attached hydrogen (secondary N) is 1. The van der Waals surface area contributed by atoms with Gasteiger partial charge in [-0.2, -0.15) is 0 Å². The summed E-state index contributed by atoms with van der Waals surface area (Å²) < 4.78 is 5.26. The molecule has 0 unspecified atom stereocenters. The Morgan fingerprint density at radius 2 is 1.81 bits per heavy atom. The van der Waals surface area contributed by atoms with Crippen molar-refractivity contribution in [1.82, 2.24) is 5.32 Å². The van der Waals surface area contributed by atoms with Crippen molar-refractivity contribution in [1.29, 1.82) is 0 Å². The number of furan rings is 1. The van der Waals surface area contributed by atoms with Crippen LogP contribution in [0.1, 0.15) is 38.4 Å². The van der Waals surface area contributed by atoms with Crippen LogP contribution in [0.4, 0.5) is 5.69 Å². The summed E-state index contributed by atoms with van der Waals surface area (Å²) in [7, 11) is 0. The van der Waals surface area contributed by atoms with Crippen LogP contribution in [0.25, 0.3) is 6.08 Å². The van der Waals surface area contributed by atoms with Crippen molar-refractivity contribution in [3.8, 4) is 0 Å². The molecule has 0 radical (unpaired) electrons. The third kappa shape index (κ3) is 5.14. The monoisotopic (exact) mass is 494 g/mol. The van der Waals surface area contributed by atoms with Gasteiger partial charge in [0.25, 0.3) is 11.8 Å². The Labute approximate surface area is 214 Å². The highest BCUT2D eigenvalue weighted by Gasteiger charge is 2.29. The fraction of sp³-hybridized carbons (Fsp3) is 0.133. The lowest BCUT2D eigenvalue weighted by Crippen LogP contribution is -2.34. The second-order valence-electron chi connectivity index (χ2n) is 8.78. The Morgan fingerprint density at radius 1 is 1.00 bits per heavy atom. The zero-order valence-corrected chi connectivity index (χ0v) is 21.0. The van der Waals surface area contributed by atoms with E-state index in [0.717, 1.165) is 27.3 Å². The second kappa shape index (κ2) is 10.3. The van der Waals surface area contributed by atoms with E-state index in [1.165, 1.54) is 17.3 Å². The number of nitrogens with zero attached hydrogens (tertiary/aromatic N) is 1. The predicted molar refractivity (Wildman–Crippen MR) is 144 cm³/mol. The number of amides is 2. The van der Waals surface area contributed by atoms with Crippen LogP contribution < -0.4 is 10.2 Å². The maximum absolute atomic E-state index is 13.6. The van der Waals surface area contributed by atoms with Gasteiger partial charge in [0, 0.05) is 10.5 Å². The Morgan fingerprint density at radius 3 is 2.58 bits per heavy atom. The van der Waals surface area contributed by atoms with E-state index in [9.17, 15) is 9.59 Å². The molecule has 0 atom stereocenters. The van der Waals surface area contributed by atoms with Gasteiger partial charge >= 0.3 is 0 Å². The van der Waals surface area contributed by atoms with Crippen molar-refractivity contribution in [2.45, 2.75) is 31.8 Å². The Balaban J connectivity index is 1.37. The van der Waals surface area contributed by atoms with Crippen LogP contribution in [-0.2, 0) is 17.9 Å². The molecule has 2 heterocycles. The van der Waals surface area contributed by atoms with E-state index in [1.807, 2.05) is 53.4 Å². The van der Waals surface area contributed by atoms with Crippen molar-refractivity contribution in [3.63, 3.8) is 0 Å². The van der Waals surface area contributed by atoms with Crippen LogP contribution in [0, 0.1) is 13.8 Å². The molecular formula is C30H26N2O3S. The largest absolute Gasteiger partial charge is 0.467 e. The van der Waals surface area contributed by atoms with Crippen LogP contribution in [0.3, 0.4) is 0 Å². The molecule has 5 nitrogen and oxygen atoms in total. The van der Waals surface area contributed by atoms with Crippen molar-refractivity contribution in [2.24, 2.45) is 0 Å². The fourth-order valence-electron chi connectivity index (χ4n) is 4.12. The lowest BCUT2D eigenvalue weighted by atomic mass is 10.0. The average molecular weight is 495 g/mol. The van der Waals surface area contributed by atoms with Gasteiger partial charge in [-0.15, -0.1) is 0 Å². The highest BCUT2D eigenvalue weighted by atomic mass is 32.2. The van der Waals surface area contributed by atoms with Gasteiger partial charge in [0.05, 0.1) is 29.9 Å². The molecule has 1 N–H and O–H groups in total. The molecule has 180 valence electrons. The van der Waals surface area contributed by atoms with Crippen molar-refractivity contribution < 1.29 is 14.0 Å². The molecule has 3 aromatic carbocycles. The summed E-state index contributed by atoms with van der Waals surface area (Å²) >= 11 is 1.48. The number of para-hydroxylation sites is 1. The smallest absolute Gasteiger partial charge is 0.265 e. The highest BCUT2D eigenvalue weighted by Crippen LogP contribution is 2.42. The Hall–Kier alpha value is -4.03. The van der Waals surface area contributed by atoms with E-state index >= 15 is 0 Å². The third-order valence-corrected chi connectivity index (χ3v) is 7.22. The first-order valence-electron chi connectivity index (χ1n) is 11.7. The molecule has 0 saturated carbocycles. The Kier molecular flexibility index (Phi) is 6.78. The molecule has 0 fully saturated rings. The molecule has 0 aliphatic carbocycles. The first-order chi connectivity index (χ1) is 17.5. The topological polar surface area (TPSA) is 62.6 Å². The molecule has 6 heteroatoms. The van der Waals surface area contributed by atoms with E-state index in [4.69, 9.17) is 4.42 Å². The molecular weight excluding hydrogens is 468 g/mol. The van der Waals surface area contributed by atoms with E-state index in [0.29, 0.717) is 29.3 Å². The van der Waals surface area contributed by atoms with Crippen molar-refractivity contribution >= 4 is 35.3 Å². The number of thioether (sulfide) groups is 1. The lowest BCUT2D eigenvalue weighted by molar-refractivity contribution is -0.114. The minimum Gasteiger partial charge on any atom is -0.467 e. The fourth-order valence-corrected chi connectivity index (χ4v) is 5.18. The quantitative estimate of drug-likeness (QED) is 0.311. The minimum absolute atomic E-state index is 0.0279. The van der Waals surface area contributed by atoms with Gasteiger partial charge in [-0.1, -0.05) is 59.8 Å². The van der Waals surface area contributed by atoms with E-state index in [-0.39, 0.29) is 11.8 Å². The molecule has 4 aromatic rings. The minimum atomic E-state index is -0.178. The first kappa shape index (κ1) is 23.7. The average Bonchev–Trinajstić information content (AvgIpc) is 3.41. The summed E-state index contributed by atoms with van der Waals surface area (Å²) in [6.07, 6.45) is 3.47. The molecule has 2 amide bonds. The predicted octanol–water partition coefficient (Wildman–Crippen LogP) is 6.51. The van der Waals surface area contributed by atoms with Gasteiger partial charge in [-0.3, -0.25) is 9.59 Å². The summed E-state index contributed by atoms with van der Waals surface area (Å²) in [6.45, 7) is 4.98. The summed E-state index contributed by atoms with van der Waals surface area (Å²) in [4.78, 5) is 29.6. The van der Waals surface area contributed by atoms with Crippen molar-refractivity contribution in [3.05, 3.63) is 124 Å². The number of benzene rings is 3. The van der Waals surface area contributed by atoms with Gasteiger partial charge in [0.15, 0.2) is 0 Å². The van der Waals surface area contributed by atoms with Gasteiger partial charge in [-0.25, -0.2) is 0 Å². The summed E-state index contributed by atoms with van der Waals surface area (Å²) in [5.74, 6) is 0.491. The molecule has 1 aliphatic heterocycles. The first-order valence-corrected chi connectivity index (χ1v) is 12.6. The summed E-state index contributed by atoms with van der Waals surface area (Å²) in [5.41, 5.74) is 5.80.